The minimum atomic E-state index is -1.33. The van der Waals surface area contributed by atoms with Gasteiger partial charge < -0.3 is 14.5 Å². The van der Waals surface area contributed by atoms with Crippen LogP contribution in [0.1, 0.15) is 16.8 Å². The Morgan fingerprint density at radius 1 is 1.20 bits per heavy atom. The number of nitrogens with one attached hydrogen (secondary N) is 1. The molecule has 1 N–H and O–H groups in total. The van der Waals surface area contributed by atoms with Crippen LogP contribution in [0, 0.1) is 13.8 Å². The summed E-state index contributed by atoms with van der Waals surface area (Å²) in [5.41, 5.74) is 4.16. The van der Waals surface area contributed by atoms with Crippen molar-refractivity contribution in [2.75, 3.05) is 14.2 Å². The van der Waals surface area contributed by atoms with E-state index in [9.17, 15) is 4.21 Å². The predicted octanol–water partition coefficient (Wildman–Crippen LogP) is 2.52. The molecule has 8 heteroatoms. The molecule has 25 heavy (non-hydrogen) atoms. The molecule has 3 rings (SSSR count). The van der Waals surface area contributed by atoms with Gasteiger partial charge in [0.1, 0.15) is 11.5 Å². The van der Waals surface area contributed by atoms with Crippen molar-refractivity contribution in [1.29, 1.82) is 0 Å². The minimum Gasteiger partial charge on any atom is -0.497 e. The fraction of sp³-hybridized carbons (Fsp3) is 0.294. The minimum absolute atomic E-state index is 0. The van der Waals surface area contributed by atoms with Crippen molar-refractivity contribution in [2.45, 2.75) is 24.8 Å². The van der Waals surface area contributed by atoms with Gasteiger partial charge in [0, 0.05) is 72.3 Å². The topological polar surface area (TPSA) is 77.1 Å². The van der Waals surface area contributed by atoms with E-state index in [1.54, 1.807) is 20.4 Å². The third kappa shape index (κ3) is 4.29. The number of aromatic nitrogens is 3. The molecule has 3 aromatic rings. The predicted molar refractivity (Wildman–Crippen MR) is 98.8 cm³/mol. The monoisotopic (exact) mass is 483 g/mol. The first-order valence-corrected chi connectivity index (χ1v) is 8.76. The van der Waals surface area contributed by atoms with E-state index in [4.69, 9.17) is 9.47 Å². The van der Waals surface area contributed by atoms with E-state index >= 15 is 0 Å². The Bertz CT molecular complexity index is 927. The molecule has 1 aromatic carbocycles. The molecule has 0 fully saturated rings. The summed E-state index contributed by atoms with van der Waals surface area (Å²) in [6, 6.07) is 5.50. The zero-order chi connectivity index (χ0) is 17.3. The van der Waals surface area contributed by atoms with Gasteiger partial charge in [-0.2, -0.15) is 0 Å². The van der Waals surface area contributed by atoms with Crippen molar-refractivity contribution in [3.05, 3.63) is 41.2 Å². The van der Waals surface area contributed by atoms with Gasteiger partial charge in [-0.15, -0.1) is 0 Å². The molecule has 2 aromatic heterocycles. The molecule has 0 amide bonds. The van der Waals surface area contributed by atoms with E-state index in [1.165, 1.54) is 0 Å². The molecule has 2 heterocycles. The van der Waals surface area contributed by atoms with Crippen LogP contribution in [0.5, 0.6) is 11.5 Å². The van der Waals surface area contributed by atoms with Crippen LogP contribution < -0.4 is 9.47 Å². The van der Waals surface area contributed by atoms with Crippen molar-refractivity contribution in [3.63, 3.8) is 0 Å². The Morgan fingerprint density at radius 2 is 1.96 bits per heavy atom. The van der Waals surface area contributed by atoms with Gasteiger partial charge >= 0.3 is 0 Å². The number of aryl methyl sites for hydroxylation is 1. The smallest absolute Gasteiger partial charge is 0.197 e. The van der Waals surface area contributed by atoms with E-state index in [-0.39, 0.29) is 54.6 Å². The van der Waals surface area contributed by atoms with Gasteiger partial charge in [-0.25, -0.2) is 4.98 Å². The average molecular weight is 483 g/mol. The van der Waals surface area contributed by atoms with Gasteiger partial charge in [-0.1, -0.05) is 0 Å². The zero-order valence-corrected chi connectivity index (χ0v) is 20.0. The number of pyridine rings is 1. The van der Waals surface area contributed by atoms with Crippen molar-refractivity contribution in [2.24, 2.45) is 0 Å². The summed E-state index contributed by atoms with van der Waals surface area (Å²) in [4.78, 5) is 11.9. The number of imidazole rings is 1. The van der Waals surface area contributed by atoms with Crippen LogP contribution in [-0.4, -0.2) is 82.3 Å². The van der Waals surface area contributed by atoms with Crippen LogP contribution in [0.15, 0.2) is 29.6 Å². The summed E-state index contributed by atoms with van der Waals surface area (Å²) in [6.45, 7) is 3.86. The Hall–Kier alpha value is -0.839. The molecular formula is C17H19BaN3O3S. The normalized spacial score (nSPS) is 11.8. The molecule has 0 aliphatic heterocycles. The van der Waals surface area contributed by atoms with Crippen molar-refractivity contribution >= 4 is 70.7 Å². The molecule has 0 bridgehead atoms. The number of methoxy groups -OCH3 is 2. The molecule has 6 nitrogen and oxygen atoms in total. The van der Waals surface area contributed by atoms with Crippen molar-refractivity contribution < 1.29 is 13.7 Å². The fourth-order valence-corrected chi connectivity index (χ4v) is 3.71. The van der Waals surface area contributed by atoms with E-state index in [2.05, 4.69) is 15.0 Å². The van der Waals surface area contributed by atoms with Crippen LogP contribution >= 0.6 is 0 Å². The molecule has 0 saturated heterocycles. The zero-order valence-electron chi connectivity index (χ0n) is 14.8. The van der Waals surface area contributed by atoms with Crippen LogP contribution in [-0.2, 0) is 16.6 Å². The molecule has 0 spiro atoms. The van der Waals surface area contributed by atoms with E-state index in [0.29, 0.717) is 5.16 Å². The molecule has 128 valence electrons. The third-order valence-corrected chi connectivity index (χ3v) is 5.06. The Balaban J connectivity index is 0.00000225. The summed E-state index contributed by atoms with van der Waals surface area (Å²) >= 11 is 0. The number of fused-ring (bicyclic) bond motifs is 1. The number of hydrogen-bond acceptors (Lipinski definition) is 5. The molecular weight excluding hydrogens is 464 g/mol. The second-order valence-electron chi connectivity index (χ2n) is 5.46. The first-order valence-electron chi connectivity index (χ1n) is 7.44. The second-order valence-corrected chi connectivity index (χ2v) is 6.83. The number of nitrogens with zero attached hydrogens (tertiary/aromatic N) is 2. The maximum atomic E-state index is 12.7. The van der Waals surface area contributed by atoms with Crippen molar-refractivity contribution in [1.82, 2.24) is 15.0 Å². The van der Waals surface area contributed by atoms with Crippen LogP contribution in [0.3, 0.4) is 0 Å². The Labute approximate surface area is 189 Å². The van der Waals surface area contributed by atoms with Crippen molar-refractivity contribution in [3.8, 4) is 11.5 Å². The number of rotatable bonds is 5. The number of aromatic amines is 1. The van der Waals surface area contributed by atoms with Gasteiger partial charge in [-0.3, -0.25) is 9.19 Å². The van der Waals surface area contributed by atoms with Gasteiger partial charge in [0.2, 0.25) is 0 Å². The Kier molecular flexibility index (Phi) is 7.12. The van der Waals surface area contributed by atoms with Crippen LogP contribution in [0.2, 0.25) is 0 Å². The van der Waals surface area contributed by atoms with E-state index in [1.807, 2.05) is 32.0 Å². The maximum absolute atomic E-state index is 12.7. The van der Waals surface area contributed by atoms with Crippen LogP contribution in [0.25, 0.3) is 11.0 Å². The molecule has 0 aliphatic rings. The van der Waals surface area contributed by atoms with E-state index < -0.39 is 10.8 Å². The summed E-state index contributed by atoms with van der Waals surface area (Å²) in [5.74, 6) is 1.79. The summed E-state index contributed by atoms with van der Waals surface area (Å²) < 4.78 is 23.3. The van der Waals surface area contributed by atoms with Gasteiger partial charge in [0.15, 0.2) is 5.16 Å². The number of H-pyrrole nitrogens is 1. The van der Waals surface area contributed by atoms with Gasteiger partial charge in [0.25, 0.3) is 0 Å². The third-order valence-electron chi connectivity index (χ3n) is 3.90. The molecule has 2 radical (unpaired) electrons. The first kappa shape index (κ1) is 20.5. The molecule has 1 unspecified atom stereocenters. The standard InChI is InChI=1S/C17H19N3O3S.Ba/c1-10-8-18-15(11(2)16(10)23-4)9-24(21)17-19-13-6-5-12(22-3)7-14(13)20-17;/h5-8H,9H2,1-4H3,(H,19,20);. The van der Waals surface area contributed by atoms with E-state index in [0.717, 1.165) is 39.4 Å². The summed E-state index contributed by atoms with van der Waals surface area (Å²) in [5, 5.41) is 0.430. The number of hydrogen-bond donors (Lipinski definition) is 1. The molecule has 0 aliphatic carbocycles. The summed E-state index contributed by atoms with van der Waals surface area (Å²) in [7, 11) is 1.91. The average Bonchev–Trinajstić information content (AvgIpc) is 3.01. The number of ether oxygens (including phenoxy) is 2. The quantitative estimate of drug-likeness (QED) is 0.566. The van der Waals surface area contributed by atoms with Gasteiger partial charge in [0.05, 0.1) is 47.5 Å². The maximum Gasteiger partial charge on any atom is 0.197 e. The fourth-order valence-electron chi connectivity index (χ4n) is 2.61. The molecule has 0 saturated carbocycles. The first-order chi connectivity index (χ1) is 11.5. The number of benzene rings is 1. The summed E-state index contributed by atoms with van der Waals surface area (Å²) in [6.07, 6.45) is 1.74. The second kappa shape index (κ2) is 8.70. The van der Waals surface area contributed by atoms with Gasteiger partial charge in [-0.05, 0) is 26.0 Å². The van der Waals surface area contributed by atoms with Crippen LogP contribution in [0.4, 0.5) is 0 Å². The molecule has 1 atom stereocenters. The SMILES string of the molecule is COc1ccc2nc(S(=O)Cc3ncc(C)c(OC)c3C)[nH]c2c1.[Ba]. The largest absolute Gasteiger partial charge is 0.497 e. The Morgan fingerprint density at radius 3 is 2.64 bits per heavy atom.